The highest BCUT2D eigenvalue weighted by Crippen LogP contribution is 2.53. The molecule has 1 aliphatic rings. The van der Waals surface area contributed by atoms with E-state index in [1.807, 2.05) is 11.3 Å². The van der Waals surface area contributed by atoms with Crippen molar-refractivity contribution in [2.45, 2.75) is 19.3 Å². The molecular formula is C57H39NS. The van der Waals surface area contributed by atoms with Crippen LogP contribution in [0.25, 0.3) is 85.9 Å². The first-order valence-electron chi connectivity index (χ1n) is 20.5. The van der Waals surface area contributed by atoms with E-state index in [4.69, 9.17) is 0 Å². The Balaban J connectivity index is 1.06. The molecule has 12 rings (SSSR count). The smallest absolute Gasteiger partial charge is 0.0546 e. The van der Waals surface area contributed by atoms with E-state index in [0.29, 0.717) is 0 Å². The van der Waals surface area contributed by atoms with Crippen molar-refractivity contribution >= 4 is 80.9 Å². The normalized spacial score (nSPS) is 13.1. The minimum Gasteiger partial charge on any atom is -0.310 e. The van der Waals surface area contributed by atoms with Crippen LogP contribution in [0.5, 0.6) is 0 Å². The van der Waals surface area contributed by atoms with Crippen molar-refractivity contribution in [2.75, 3.05) is 4.90 Å². The molecular weight excluding hydrogens is 731 g/mol. The van der Waals surface area contributed by atoms with Crippen LogP contribution in [0.4, 0.5) is 17.1 Å². The van der Waals surface area contributed by atoms with E-state index < -0.39 is 0 Å². The predicted molar refractivity (Wildman–Crippen MR) is 255 cm³/mol. The molecule has 0 fully saturated rings. The molecule has 0 unspecified atom stereocenters. The first kappa shape index (κ1) is 34.1. The quantitative estimate of drug-likeness (QED) is 0.169. The minimum absolute atomic E-state index is 0.171. The number of benzene rings is 10. The summed E-state index contributed by atoms with van der Waals surface area (Å²) in [5, 5.41) is 10.2. The predicted octanol–water partition coefficient (Wildman–Crippen LogP) is 16.6. The van der Waals surface area contributed by atoms with Crippen LogP contribution in [0.2, 0.25) is 0 Å². The van der Waals surface area contributed by atoms with Gasteiger partial charge in [0.25, 0.3) is 0 Å². The minimum atomic E-state index is -0.171. The highest BCUT2D eigenvalue weighted by molar-refractivity contribution is 7.25. The summed E-state index contributed by atoms with van der Waals surface area (Å²) in [5.74, 6) is 0. The standard InChI is InChI=1S/C57H39NS/c1-57(2)51-33-41-15-6-5-14-40(41)32-50(51)47-29-27-45(35-52(47)57)58(44-25-21-37(22-26-44)42-23-28-49-48-17-9-10-18-54(48)59-55(49)34-42)53-30-24-38-12-7-8-16-46(38)56(53)43-20-19-36-11-3-4-13-39(36)31-43/h3-35H,1-2H3. The van der Waals surface area contributed by atoms with Gasteiger partial charge in [0.05, 0.1) is 5.69 Å². The average molecular weight is 770 g/mol. The van der Waals surface area contributed by atoms with Gasteiger partial charge in [-0.1, -0.05) is 153 Å². The van der Waals surface area contributed by atoms with Crippen molar-refractivity contribution < 1.29 is 0 Å². The number of hydrogen-bond donors (Lipinski definition) is 0. The van der Waals surface area contributed by atoms with Gasteiger partial charge in [0.1, 0.15) is 0 Å². The van der Waals surface area contributed by atoms with E-state index in [-0.39, 0.29) is 5.41 Å². The molecule has 0 atom stereocenters. The third-order valence-corrected chi connectivity index (χ3v) is 13.9. The monoisotopic (exact) mass is 769 g/mol. The largest absolute Gasteiger partial charge is 0.310 e. The first-order chi connectivity index (χ1) is 29.0. The van der Waals surface area contributed by atoms with E-state index in [0.717, 1.165) is 17.1 Å². The Morgan fingerprint density at radius 1 is 0.373 bits per heavy atom. The third kappa shape index (κ3) is 5.37. The second-order valence-electron chi connectivity index (χ2n) is 16.5. The molecule has 0 amide bonds. The zero-order valence-corrected chi connectivity index (χ0v) is 33.7. The molecule has 1 nitrogen and oxygen atoms in total. The summed E-state index contributed by atoms with van der Waals surface area (Å²) in [6.45, 7) is 4.78. The van der Waals surface area contributed by atoms with Crippen molar-refractivity contribution in [1.29, 1.82) is 0 Å². The number of anilines is 3. The van der Waals surface area contributed by atoms with Crippen LogP contribution in [-0.2, 0) is 5.41 Å². The molecule has 0 aliphatic heterocycles. The maximum atomic E-state index is 2.49. The molecule has 11 aromatic rings. The highest BCUT2D eigenvalue weighted by atomic mass is 32.1. The van der Waals surface area contributed by atoms with Crippen LogP contribution in [0.3, 0.4) is 0 Å². The van der Waals surface area contributed by atoms with E-state index in [2.05, 4.69) is 219 Å². The lowest BCUT2D eigenvalue weighted by Crippen LogP contribution is -2.17. The Morgan fingerprint density at radius 2 is 0.966 bits per heavy atom. The molecule has 0 radical (unpaired) electrons. The molecule has 10 aromatic carbocycles. The molecule has 0 saturated heterocycles. The lowest BCUT2D eigenvalue weighted by molar-refractivity contribution is 0.661. The second-order valence-corrected chi connectivity index (χ2v) is 17.6. The van der Waals surface area contributed by atoms with Crippen LogP contribution < -0.4 is 4.90 Å². The number of rotatable bonds is 5. The van der Waals surface area contributed by atoms with Crippen LogP contribution in [0.1, 0.15) is 25.0 Å². The number of nitrogens with zero attached hydrogens (tertiary/aromatic N) is 1. The summed E-state index contributed by atoms with van der Waals surface area (Å²) in [5.41, 5.74) is 13.5. The summed E-state index contributed by atoms with van der Waals surface area (Å²) in [6.07, 6.45) is 0. The maximum absolute atomic E-state index is 2.49. The van der Waals surface area contributed by atoms with Crippen molar-refractivity contribution in [3.05, 3.63) is 211 Å². The number of thiophene rings is 1. The Hall–Kier alpha value is -7.00. The van der Waals surface area contributed by atoms with Crippen molar-refractivity contribution in [3.63, 3.8) is 0 Å². The zero-order chi connectivity index (χ0) is 39.2. The van der Waals surface area contributed by atoms with E-state index in [1.54, 1.807) is 0 Å². The maximum Gasteiger partial charge on any atom is 0.0546 e. The van der Waals surface area contributed by atoms with Gasteiger partial charge in [0, 0.05) is 42.5 Å². The molecule has 0 spiro atoms. The summed E-state index contributed by atoms with van der Waals surface area (Å²) < 4.78 is 2.65. The zero-order valence-electron chi connectivity index (χ0n) is 32.9. The molecule has 2 heteroatoms. The summed E-state index contributed by atoms with van der Waals surface area (Å²) in [7, 11) is 0. The molecule has 59 heavy (non-hydrogen) atoms. The van der Waals surface area contributed by atoms with Crippen molar-refractivity contribution in [2.24, 2.45) is 0 Å². The lowest BCUT2D eigenvalue weighted by Gasteiger charge is -2.30. The summed E-state index contributed by atoms with van der Waals surface area (Å²) in [6, 6.07) is 74.6. The van der Waals surface area contributed by atoms with Crippen molar-refractivity contribution in [1.82, 2.24) is 0 Å². The molecule has 1 aliphatic carbocycles. The molecule has 0 N–H and O–H groups in total. The topological polar surface area (TPSA) is 3.24 Å². The van der Waals surface area contributed by atoms with Crippen LogP contribution in [-0.4, -0.2) is 0 Å². The molecule has 0 saturated carbocycles. The summed E-state index contributed by atoms with van der Waals surface area (Å²) >= 11 is 1.87. The molecule has 1 heterocycles. The number of hydrogen-bond acceptors (Lipinski definition) is 2. The molecule has 278 valence electrons. The fraction of sp³-hybridized carbons (Fsp3) is 0.0526. The van der Waals surface area contributed by atoms with Crippen LogP contribution >= 0.6 is 11.3 Å². The first-order valence-corrected chi connectivity index (χ1v) is 21.3. The lowest BCUT2D eigenvalue weighted by atomic mass is 9.81. The van der Waals surface area contributed by atoms with Gasteiger partial charge < -0.3 is 4.90 Å². The molecule has 1 aromatic heterocycles. The van der Waals surface area contributed by atoms with Gasteiger partial charge in [0.2, 0.25) is 0 Å². The fourth-order valence-corrected chi connectivity index (χ4v) is 10.9. The van der Waals surface area contributed by atoms with Crippen molar-refractivity contribution in [3.8, 4) is 33.4 Å². The Kier molecular flexibility index (Phi) is 7.51. The van der Waals surface area contributed by atoms with Gasteiger partial charge in [-0.2, -0.15) is 0 Å². The number of fused-ring (bicyclic) bond motifs is 9. The van der Waals surface area contributed by atoms with Gasteiger partial charge in [-0.25, -0.2) is 0 Å². The Morgan fingerprint density at radius 3 is 1.78 bits per heavy atom. The van der Waals surface area contributed by atoms with Crippen LogP contribution in [0.15, 0.2) is 200 Å². The fourth-order valence-electron chi connectivity index (χ4n) is 9.78. The Labute approximate surface area is 348 Å². The van der Waals surface area contributed by atoms with Crippen LogP contribution in [0, 0.1) is 0 Å². The van der Waals surface area contributed by atoms with E-state index in [9.17, 15) is 0 Å². The summed E-state index contributed by atoms with van der Waals surface area (Å²) in [4.78, 5) is 2.49. The van der Waals surface area contributed by atoms with Gasteiger partial charge in [0.15, 0.2) is 0 Å². The SMILES string of the molecule is CC1(C)c2cc(N(c3ccc(-c4ccc5c(c4)sc4ccccc45)cc3)c3ccc4ccccc4c3-c3ccc4ccccc4c3)ccc2-c2cc3ccccc3cc21. The third-order valence-electron chi connectivity index (χ3n) is 12.8. The molecule has 0 bridgehead atoms. The van der Waals surface area contributed by atoms with E-state index in [1.165, 1.54) is 97.0 Å². The average Bonchev–Trinajstić information content (AvgIpc) is 3.76. The highest BCUT2D eigenvalue weighted by Gasteiger charge is 2.36. The van der Waals surface area contributed by atoms with E-state index >= 15 is 0 Å². The van der Waals surface area contributed by atoms with Gasteiger partial charge in [-0.05, 0) is 132 Å². The van der Waals surface area contributed by atoms with Gasteiger partial charge in [-0.15, -0.1) is 11.3 Å². The second kappa shape index (κ2) is 13.0. The van der Waals surface area contributed by atoms with Gasteiger partial charge in [-0.3, -0.25) is 0 Å². The van der Waals surface area contributed by atoms with Gasteiger partial charge >= 0.3 is 0 Å². The Bertz CT molecular complexity index is 3480.